The fraction of sp³-hybridized carbons (Fsp3) is 0.368. The van der Waals surface area contributed by atoms with E-state index in [1.165, 1.54) is 26.4 Å². The Morgan fingerprint density at radius 3 is 2.19 bits per heavy atom. The summed E-state index contributed by atoms with van der Waals surface area (Å²) in [6.45, 7) is 5.67. The van der Waals surface area contributed by atoms with Crippen LogP contribution in [0.2, 0.25) is 0 Å². The fourth-order valence-electron chi connectivity index (χ4n) is 3.47. The second-order valence-corrected chi connectivity index (χ2v) is 6.24. The van der Waals surface area contributed by atoms with Crippen molar-refractivity contribution < 1.29 is 24.0 Å². The number of esters is 2. The van der Waals surface area contributed by atoms with Crippen LogP contribution in [-0.4, -0.2) is 31.1 Å². The number of ether oxygens (including phenoxy) is 2. The standard InChI is InChI=1S/C19H21NO6/c1-5-13-10-19(17(21)25-3,18(22)26-4)11-16(13)12(2)14-6-8-15(9-7-14)20(23)24/h5-9,13H,1,10-11H2,2-4H3/b16-12-. The number of allylic oxidation sites excluding steroid dienone is 3. The molecule has 1 atom stereocenters. The van der Waals surface area contributed by atoms with Crippen molar-refractivity contribution in [3.05, 3.63) is 58.2 Å². The lowest BCUT2D eigenvalue weighted by Gasteiger charge is -2.22. The molecule has 0 aliphatic heterocycles. The minimum absolute atomic E-state index is 0.00305. The van der Waals surface area contributed by atoms with Crippen molar-refractivity contribution in [2.45, 2.75) is 19.8 Å². The Morgan fingerprint density at radius 1 is 1.23 bits per heavy atom. The lowest BCUT2D eigenvalue weighted by Crippen LogP contribution is -2.39. The normalized spacial score (nSPS) is 20.2. The molecular formula is C19H21NO6. The topological polar surface area (TPSA) is 95.7 Å². The zero-order valence-corrected chi connectivity index (χ0v) is 15.0. The lowest BCUT2D eigenvalue weighted by molar-refractivity contribution is -0.384. The van der Waals surface area contributed by atoms with Crippen molar-refractivity contribution in [2.24, 2.45) is 11.3 Å². The molecule has 1 unspecified atom stereocenters. The second kappa shape index (κ2) is 7.51. The third-order valence-corrected chi connectivity index (χ3v) is 4.94. The number of carbonyl (C=O) groups excluding carboxylic acids is 2. The van der Waals surface area contributed by atoms with Crippen LogP contribution in [0, 0.1) is 21.4 Å². The Labute approximate surface area is 151 Å². The molecule has 0 radical (unpaired) electrons. The third kappa shape index (κ3) is 3.24. The van der Waals surface area contributed by atoms with Crippen LogP contribution in [0.15, 0.2) is 42.5 Å². The number of hydrogen-bond acceptors (Lipinski definition) is 6. The van der Waals surface area contributed by atoms with Crippen LogP contribution in [0.4, 0.5) is 5.69 Å². The van der Waals surface area contributed by atoms with E-state index in [-0.39, 0.29) is 24.4 Å². The van der Waals surface area contributed by atoms with Gasteiger partial charge in [-0.1, -0.05) is 11.6 Å². The molecule has 1 aromatic carbocycles. The molecule has 138 valence electrons. The number of nitrogens with zero attached hydrogens (tertiary/aromatic N) is 1. The van der Waals surface area contributed by atoms with Crippen LogP contribution in [0.5, 0.6) is 0 Å². The molecule has 0 aromatic heterocycles. The van der Waals surface area contributed by atoms with Gasteiger partial charge in [-0.3, -0.25) is 19.7 Å². The first-order chi connectivity index (χ1) is 12.3. The minimum Gasteiger partial charge on any atom is -0.468 e. The first-order valence-electron chi connectivity index (χ1n) is 8.04. The van der Waals surface area contributed by atoms with E-state index >= 15 is 0 Å². The lowest BCUT2D eigenvalue weighted by atomic mass is 9.85. The largest absolute Gasteiger partial charge is 0.468 e. The van der Waals surface area contributed by atoms with Gasteiger partial charge in [0.05, 0.1) is 19.1 Å². The molecule has 1 aliphatic carbocycles. The maximum Gasteiger partial charge on any atom is 0.323 e. The van der Waals surface area contributed by atoms with E-state index in [0.29, 0.717) is 0 Å². The van der Waals surface area contributed by atoms with Gasteiger partial charge in [0.25, 0.3) is 5.69 Å². The van der Waals surface area contributed by atoms with Gasteiger partial charge in [-0.15, -0.1) is 6.58 Å². The number of benzene rings is 1. The summed E-state index contributed by atoms with van der Waals surface area (Å²) in [6.07, 6.45) is 2.07. The Morgan fingerprint density at radius 2 is 1.77 bits per heavy atom. The van der Waals surface area contributed by atoms with Gasteiger partial charge in [0.2, 0.25) is 0 Å². The summed E-state index contributed by atoms with van der Waals surface area (Å²) in [6, 6.07) is 6.14. The van der Waals surface area contributed by atoms with Gasteiger partial charge in [-0.25, -0.2) is 0 Å². The molecule has 7 nitrogen and oxygen atoms in total. The number of hydrogen-bond donors (Lipinski definition) is 0. The number of rotatable bonds is 5. The maximum atomic E-state index is 12.4. The molecule has 2 rings (SSSR count). The molecule has 0 heterocycles. The second-order valence-electron chi connectivity index (χ2n) is 6.24. The van der Waals surface area contributed by atoms with Gasteiger partial charge in [0.15, 0.2) is 5.41 Å². The molecule has 0 N–H and O–H groups in total. The highest BCUT2D eigenvalue weighted by Crippen LogP contribution is 2.50. The average Bonchev–Trinajstić information content (AvgIpc) is 3.07. The van der Waals surface area contributed by atoms with Crippen molar-refractivity contribution in [1.29, 1.82) is 0 Å². The van der Waals surface area contributed by atoms with Crippen molar-refractivity contribution in [3.63, 3.8) is 0 Å². The number of carbonyl (C=O) groups is 2. The molecule has 1 saturated carbocycles. The van der Waals surface area contributed by atoms with E-state index in [0.717, 1.165) is 16.7 Å². The number of methoxy groups -OCH3 is 2. The summed E-state index contributed by atoms with van der Waals surface area (Å²) in [4.78, 5) is 35.1. The predicted molar refractivity (Wildman–Crippen MR) is 95.1 cm³/mol. The highest BCUT2D eigenvalue weighted by molar-refractivity contribution is 6.01. The minimum atomic E-state index is -1.40. The quantitative estimate of drug-likeness (QED) is 0.263. The van der Waals surface area contributed by atoms with Crippen LogP contribution in [-0.2, 0) is 19.1 Å². The van der Waals surface area contributed by atoms with Crippen molar-refractivity contribution >= 4 is 23.2 Å². The number of non-ortho nitro benzene ring substituents is 1. The Hall–Kier alpha value is -2.96. The predicted octanol–water partition coefficient (Wildman–Crippen LogP) is 3.30. The van der Waals surface area contributed by atoms with Crippen LogP contribution >= 0.6 is 0 Å². The van der Waals surface area contributed by atoms with Crippen molar-refractivity contribution in [2.75, 3.05) is 14.2 Å². The van der Waals surface area contributed by atoms with E-state index in [1.54, 1.807) is 18.2 Å². The van der Waals surface area contributed by atoms with Gasteiger partial charge in [-0.2, -0.15) is 0 Å². The SMILES string of the molecule is C=CC1CC(C(=O)OC)(C(=O)OC)C/C1=C(\C)c1ccc([N+](=O)[O-])cc1. The van der Waals surface area contributed by atoms with E-state index in [1.807, 2.05) is 6.92 Å². The molecule has 0 saturated heterocycles. The van der Waals surface area contributed by atoms with E-state index in [9.17, 15) is 19.7 Å². The van der Waals surface area contributed by atoms with E-state index in [4.69, 9.17) is 9.47 Å². The molecule has 1 aliphatic rings. The Bertz CT molecular complexity index is 762. The summed E-state index contributed by atoms with van der Waals surface area (Å²) >= 11 is 0. The highest BCUT2D eigenvalue weighted by Gasteiger charge is 2.55. The van der Waals surface area contributed by atoms with E-state index in [2.05, 4.69) is 6.58 Å². The van der Waals surface area contributed by atoms with E-state index < -0.39 is 22.3 Å². The molecule has 1 aromatic rings. The first-order valence-corrected chi connectivity index (χ1v) is 8.04. The molecule has 0 amide bonds. The molecule has 0 bridgehead atoms. The summed E-state index contributed by atoms with van der Waals surface area (Å²) in [7, 11) is 2.47. The summed E-state index contributed by atoms with van der Waals surface area (Å²) < 4.78 is 9.72. The molecule has 7 heteroatoms. The summed E-state index contributed by atoms with van der Waals surface area (Å²) in [5.74, 6) is -1.48. The zero-order valence-electron chi connectivity index (χ0n) is 15.0. The van der Waals surface area contributed by atoms with Gasteiger partial charge < -0.3 is 9.47 Å². The average molecular weight is 359 g/mol. The van der Waals surface area contributed by atoms with Crippen LogP contribution in [0.3, 0.4) is 0 Å². The number of nitro benzene ring substituents is 1. The molecule has 26 heavy (non-hydrogen) atoms. The monoisotopic (exact) mass is 359 g/mol. The fourth-order valence-corrected chi connectivity index (χ4v) is 3.47. The Balaban J connectivity index is 2.51. The molecule has 1 fully saturated rings. The summed E-state index contributed by atoms with van der Waals surface area (Å²) in [5, 5.41) is 10.8. The van der Waals surface area contributed by atoms with Gasteiger partial charge in [0, 0.05) is 12.1 Å². The van der Waals surface area contributed by atoms with Gasteiger partial charge in [0.1, 0.15) is 0 Å². The summed E-state index contributed by atoms with van der Waals surface area (Å²) in [5.41, 5.74) is 1.09. The maximum absolute atomic E-state index is 12.4. The van der Waals surface area contributed by atoms with Gasteiger partial charge in [-0.05, 0) is 49.0 Å². The van der Waals surface area contributed by atoms with Crippen LogP contribution in [0.1, 0.15) is 25.3 Å². The third-order valence-electron chi connectivity index (χ3n) is 4.94. The Kier molecular flexibility index (Phi) is 5.59. The number of nitro groups is 1. The zero-order chi connectivity index (χ0) is 19.5. The molecule has 0 spiro atoms. The van der Waals surface area contributed by atoms with Crippen LogP contribution in [0.25, 0.3) is 5.57 Å². The molecular weight excluding hydrogens is 338 g/mol. The highest BCUT2D eigenvalue weighted by atomic mass is 16.6. The van der Waals surface area contributed by atoms with Crippen LogP contribution < -0.4 is 0 Å². The first kappa shape index (κ1) is 19.4. The van der Waals surface area contributed by atoms with Crippen molar-refractivity contribution in [1.82, 2.24) is 0 Å². The van der Waals surface area contributed by atoms with Gasteiger partial charge >= 0.3 is 11.9 Å². The smallest absolute Gasteiger partial charge is 0.323 e. The van der Waals surface area contributed by atoms with Crippen molar-refractivity contribution in [3.8, 4) is 0 Å².